The molecule has 0 N–H and O–H groups in total. The molecule has 0 saturated carbocycles. The number of nitrogens with zero attached hydrogens (tertiary/aromatic N) is 5. The second-order valence-corrected chi connectivity index (χ2v) is 6.70. The molecule has 0 spiro atoms. The smallest absolute Gasteiger partial charge is 0.247 e. The first-order valence-electron chi connectivity index (χ1n) is 7.75. The van der Waals surface area contributed by atoms with E-state index in [2.05, 4.69) is 20.4 Å². The molecule has 8 heteroatoms. The van der Waals surface area contributed by atoms with Crippen molar-refractivity contribution in [2.24, 2.45) is 0 Å². The predicted octanol–water partition coefficient (Wildman–Crippen LogP) is 3.82. The monoisotopic (exact) mass is 353 g/mol. The number of thioether (sulfide) groups is 1. The van der Waals surface area contributed by atoms with Crippen LogP contribution >= 0.6 is 11.8 Å². The Hall–Kier alpha value is -2.87. The highest BCUT2D eigenvalue weighted by atomic mass is 32.2. The Morgan fingerprint density at radius 3 is 2.76 bits per heavy atom. The minimum atomic E-state index is -0.0514. The van der Waals surface area contributed by atoms with Crippen molar-refractivity contribution in [1.29, 1.82) is 0 Å². The molecule has 0 saturated heterocycles. The third-order valence-corrected chi connectivity index (χ3v) is 4.66. The van der Waals surface area contributed by atoms with E-state index in [1.807, 2.05) is 54.0 Å². The Morgan fingerprint density at radius 1 is 1.08 bits per heavy atom. The summed E-state index contributed by atoms with van der Waals surface area (Å²) >= 11 is 1.51. The number of hydrogen-bond donors (Lipinski definition) is 0. The van der Waals surface area contributed by atoms with E-state index in [1.54, 1.807) is 12.6 Å². The van der Waals surface area contributed by atoms with Gasteiger partial charge in [-0.3, -0.25) is 0 Å². The van der Waals surface area contributed by atoms with Crippen LogP contribution in [0.4, 0.5) is 0 Å². The number of aromatic nitrogens is 5. The lowest BCUT2D eigenvalue weighted by Crippen LogP contribution is -2.00. The van der Waals surface area contributed by atoms with Crippen molar-refractivity contribution in [2.75, 3.05) is 0 Å². The highest BCUT2D eigenvalue weighted by Gasteiger charge is 2.19. The molecule has 1 unspecified atom stereocenters. The average molecular weight is 353 g/mol. The van der Waals surface area contributed by atoms with Gasteiger partial charge in [0, 0.05) is 5.56 Å². The summed E-state index contributed by atoms with van der Waals surface area (Å²) in [5.41, 5.74) is 0.902. The number of rotatable bonds is 6. The number of benzene rings is 1. The fourth-order valence-corrected chi connectivity index (χ4v) is 3.17. The first-order valence-corrected chi connectivity index (χ1v) is 8.63. The van der Waals surface area contributed by atoms with Crippen molar-refractivity contribution in [3.63, 3.8) is 0 Å². The van der Waals surface area contributed by atoms with Crippen molar-refractivity contribution < 1.29 is 8.83 Å². The van der Waals surface area contributed by atoms with E-state index >= 15 is 0 Å². The summed E-state index contributed by atoms with van der Waals surface area (Å²) in [5.74, 6) is 1.91. The average Bonchev–Trinajstić information content (AvgIpc) is 3.38. The van der Waals surface area contributed by atoms with Crippen LogP contribution in [0.1, 0.15) is 23.8 Å². The van der Waals surface area contributed by atoms with Crippen molar-refractivity contribution in [1.82, 2.24) is 25.0 Å². The van der Waals surface area contributed by atoms with Crippen molar-refractivity contribution in [3.05, 3.63) is 66.7 Å². The summed E-state index contributed by atoms with van der Waals surface area (Å²) in [6.07, 6.45) is 3.33. The van der Waals surface area contributed by atoms with Gasteiger partial charge in [-0.2, -0.15) is 0 Å². The van der Waals surface area contributed by atoms with Gasteiger partial charge in [0.2, 0.25) is 11.8 Å². The maximum atomic E-state index is 5.81. The standard InChI is InChI=1S/C17H15N5O2S/c1-12(15-19-20-16(24-15)13-6-3-2-4-7-13)25-17-21-18-11-22(17)10-14-8-5-9-23-14/h2-9,11-12H,10H2,1H3. The summed E-state index contributed by atoms with van der Waals surface area (Å²) in [6, 6.07) is 13.5. The SMILES string of the molecule is CC(Sc1nncn1Cc1ccco1)c1nnc(-c2ccccc2)o1. The summed E-state index contributed by atoms with van der Waals surface area (Å²) < 4.78 is 13.1. The zero-order valence-electron chi connectivity index (χ0n) is 13.4. The zero-order valence-corrected chi connectivity index (χ0v) is 14.3. The van der Waals surface area contributed by atoms with E-state index in [9.17, 15) is 0 Å². The van der Waals surface area contributed by atoms with Crippen LogP contribution in [0.25, 0.3) is 11.5 Å². The van der Waals surface area contributed by atoms with Crippen LogP contribution in [0.2, 0.25) is 0 Å². The molecule has 25 heavy (non-hydrogen) atoms. The molecule has 3 heterocycles. The lowest BCUT2D eigenvalue weighted by atomic mass is 10.2. The molecule has 4 rings (SSSR count). The second kappa shape index (κ2) is 6.94. The first-order chi connectivity index (χ1) is 12.3. The quantitative estimate of drug-likeness (QED) is 0.487. The molecule has 1 aromatic carbocycles. The van der Waals surface area contributed by atoms with Crippen molar-refractivity contribution >= 4 is 11.8 Å². The Morgan fingerprint density at radius 2 is 1.96 bits per heavy atom. The Kier molecular flexibility index (Phi) is 4.34. The second-order valence-electron chi connectivity index (χ2n) is 5.39. The van der Waals surface area contributed by atoms with Crippen LogP contribution in [-0.2, 0) is 6.54 Å². The minimum absolute atomic E-state index is 0.0514. The van der Waals surface area contributed by atoms with Crippen LogP contribution in [0.3, 0.4) is 0 Å². The molecule has 126 valence electrons. The normalized spacial score (nSPS) is 12.4. The highest BCUT2D eigenvalue weighted by molar-refractivity contribution is 7.99. The summed E-state index contributed by atoms with van der Waals surface area (Å²) in [5, 5.41) is 17.2. The number of furan rings is 1. The van der Waals surface area contributed by atoms with E-state index in [1.165, 1.54) is 11.8 Å². The van der Waals surface area contributed by atoms with Gasteiger partial charge in [0.15, 0.2) is 5.16 Å². The first kappa shape index (κ1) is 15.6. The van der Waals surface area contributed by atoms with Gasteiger partial charge in [0.1, 0.15) is 12.1 Å². The maximum absolute atomic E-state index is 5.81. The Labute approximate surface area is 148 Å². The van der Waals surface area contributed by atoms with Gasteiger partial charge < -0.3 is 13.4 Å². The van der Waals surface area contributed by atoms with E-state index in [0.29, 0.717) is 18.3 Å². The van der Waals surface area contributed by atoms with E-state index in [4.69, 9.17) is 8.83 Å². The van der Waals surface area contributed by atoms with E-state index < -0.39 is 0 Å². The molecule has 0 amide bonds. The van der Waals surface area contributed by atoms with Crippen LogP contribution < -0.4 is 0 Å². The topological polar surface area (TPSA) is 82.8 Å². The van der Waals surface area contributed by atoms with Gasteiger partial charge in [0.05, 0.1) is 18.1 Å². The largest absolute Gasteiger partial charge is 0.467 e. The molecular weight excluding hydrogens is 338 g/mol. The molecule has 0 aliphatic carbocycles. The van der Waals surface area contributed by atoms with E-state index in [0.717, 1.165) is 16.5 Å². The molecule has 0 aliphatic rings. The van der Waals surface area contributed by atoms with Gasteiger partial charge in [-0.15, -0.1) is 20.4 Å². The van der Waals surface area contributed by atoms with Gasteiger partial charge in [-0.25, -0.2) is 0 Å². The summed E-state index contributed by atoms with van der Waals surface area (Å²) in [4.78, 5) is 0. The van der Waals surface area contributed by atoms with Gasteiger partial charge in [-0.05, 0) is 31.2 Å². The van der Waals surface area contributed by atoms with Crippen molar-refractivity contribution in [3.8, 4) is 11.5 Å². The molecule has 4 aromatic rings. The molecule has 0 fully saturated rings. The molecule has 3 aromatic heterocycles. The molecule has 7 nitrogen and oxygen atoms in total. The molecule has 0 bridgehead atoms. The molecule has 1 atom stereocenters. The minimum Gasteiger partial charge on any atom is -0.467 e. The summed E-state index contributed by atoms with van der Waals surface area (Å²) in [6.45, 7) is 2.58. The van der Waals surface area contributed by atoms with Crippen LogP contribution in [0.5, 0.6) is 0 Å². The zero-order chi connectivity index (χ0) is 17.1. The van der Waals surface area contributed by atoms with Crippen LogP contribution in [0, 0.1) is 0 Å². The predicted molar refractivity (Wildman–Crippen MR) is 91.8 cm³/mol. The number of hydrogen-bond acceptors (Lipinski definition) is 7. The van der Waals surface area contributed by atoms with E-state index in [-0.39, 0.29) is 5.25 Å². The molecule has 0 aliphatic heterocycles. The highest BCUT2D eigenvalue weighted by Crippen LogP contribution is 2.34. The molecular formula is C17H15N5O2S. The van der Waals surface area contributed by atoms with Gasteiger partial charge in [-0.1, -0.05) is 30.0 Å². The molecule has 0 radical (unpaired) electrons. The van der Waals surface area contributed by atoms with Crippen LogP contribution in [-0.4, -0.2) is 25.0 Å². The van der Waals surface area contributed by atoms with Gasteiger partial charge >= 0.3 is 0 Å². The third kappa shape index (κ3) is 3.48. The Balaban J connectivity index is 1.49. The lowest BCUT2D eigenvalue weighted by Gasteiger charge is -2.07. The fraction of sp³-hybridized carbons (Fsp3) is 0.176. The van der Waals surface area contributed by atoms with Crippen LogP contribution in [0.15, 0.2) is 69.0 Å². The fourth-order valence-electron chi connectivity index (χ4n) is 2.32. The van der Waals surface area contributed by atoms with Gasteiger partial charge in [0.25, 0.3) is 0 Å². The maximum Gasteiger partial charge on any atom is 0.247 e. The third-order valence-electron chi connectivity index (χ3n) is 3.58. The Bertz CT molecular complexity index is 933. The lowest BCUT2D eigenvalue weighted by molar-refractivity contribution is 0.483. The summed E-state index contributed by atoms with van der Waals surface area (Å²) in [7, 11) is 0. The van der Waals surface area contributed by atoms with Crippen molar-refractivity contribution in [2.45, 2.75) is 23.9 Å².